The number of Topliss-reactive ketones (excluding diaryl/α,β-unsaturated/α-hetero) is 1. The zero-order valence-electron chi connectivity index (χ0n) is 13.3. The molecule has 122 valence electrons. The first-order valence-corrected chi connectivity index (χ1v) is 8.60. The Morgan fingerprint density at radius 3 is 2.65 bits per heavy atom. The van der Waals surface area contributed by atoms with Crippen molar-refractivity contribution in [2.75, 3.05) is 12.4 Å². The number of ketones is 1. The van der Waals surface area contributed by atoms with Crippen molar-refractivity contribution in [1.82, 2.24) is 9.97 Å². The predicted molar refractivity (Wildman–Crippen MR) is 91.5 cm³/mol. The van der Waals surface area contributed by atoms with E-state index in [-0.39, 0.29) is 17.1 Å². The second-order valence-electron chi connectivity index (χ2n) is 4.96. The lowest BCUT2D eigenvalue weighted by molar-refractivity contribution is 0.102. The van der Waals surface area contributed by atoms with E-state index in [0.29, 0.717) is 17.3 Å². The molecule has 0 spiro atoms. The van der Waals surface area contributed by atoms with Crippen LogP contribution in [0.5, 0.6) is 5.75 Å². The molecule has 1 aromatic carbocycles. The fraction of sp³-hybridized carbons (Fsp3) is 0.353. The Morgan fingerprint density at radius 2 is 2.00 bits per heavy atom. The quantitative estimate of drug-likeness (QED) is 0.457. The van der Waals surface area contributed by atoms with Gasteiger partial charge in [-0.3, -0.25) is 9.59 Å². The average molecular weight is 332 g/mol. The maximum atomic E-state index is 12.2. The number of rotatable bonds is 8. The van der Waals surface area contributed by atoms with Gasteiger partial charge in [0.25, 0.3) is 5.56 Å². The van der Waals surface area contributed by atoms with E-state index in [9.17, 15) is 9.59 Å². The fourth-order valence-electron chi connectivity index (χ4n) is 2.06. The van der Waals surface area contributed by atoms with Crippen LogP contribution in [0.4, 0.5) is 0 Å². The van der Waals surface area contributed by atoms with Crippen LogP contribution in [0.3, 0.4) is 0 Å². The first-order chi connectivity index (χ1) is 11.1. The molecule has 23 heavy (non-hydrogen) atoms. The number of carbonyl (C=O) groups excluding carboxylic acids is 1. The summed E-state index contributed by atoms with van der Waals surface area (Å²) < 4.78 is 5.35. The molecule has 2 rings (SSSR count). The van der Waals surface area contributed by atoms with Gasteiger partial charge in [0.05, 0.1) is 12.4 Å². The smallest absolute Gasteiger partial charge is 0.251 e. The lowest BCUT2D eigenvalue weighted by Gasteiger charge is -2.05. The Morgan fingerprint density at radius 1 is 1.26 bits per heavy atom. The average Bonchev–Trinajstić information content (AvgIpc) is 2.53. The summed E-state index contributed by atoms with van der Waals surface area (Å²) in [6.45, 7) is 4.54. The summed E-state index contributed by atoms with van der Waals surface area (Å²) in [5, 5.41) is 0.486. The van der Waals surface area contributed by atoms with E-state index in [4.69, 9.17) is 4.74 Å². The van der Waals surface area contributed by atoms with E-state index in [0.717, 1.165) is 24.3 Å². The highest BCUT2D eigenvalue weighted by molar-refractivity contribution is 7.99. The van der Waals surface area contributed by atoms with Gasteiger partial charge in [0.2, 0.25) is 0 Å². The van der Waals surface area contributed by atoms with Crippen LogP contribution >= 0.6 is 11.8 Å². The number of benzene rings is 1. The van der Waals surface area contributed by atoms with E-state index in [1.165, 1.54) is 17.8 Å². The number of nitrogens with one attached hydrogen (secondary N) is 1. The molecule has 0 aliphatic heterocycles. The number of aryl methyl sites for hydroxylation is 1. The van der Waals surface area contributed by atoms with Gasteiger partial charge in [0.1, 0.15) is 5.75 Å². The van der Waals surface area contributed by atoms with Gasteiger partial charge in [-0.05, 0) is 37.6 Å². The Kier molecular flexibility index (Phi) is 6.40. The molecule has 1 N–H and O–H groups in total. The molecule has 1 heterocycles. The molecule has 0 radical (unpaired) electrons. The van der Waals surface area contributed by atoms with Gasteiger partial charge in [0.15, 0.2) is 10.9 Å². The maximum absolute atomic E-state index is 12.2. The highest BCUT2D eigenvalue weighted by Crippen LogP contribution is 2.17. The van der Waals surface area contributed by atoms with Gasteiger partial charge in [-0.25, -0.2) is 4.98 Å². The summed E-state index contributed by atoms with van der Waals surface area (Å²) in [4.78, 5) is 30.8. The van der Waals surface area contributed by atoms with E-state index >= 15 is 0 Å². The highest BCUT2D eigenvalue weighted by Gasteiger charge is 2.09. The molecule has 1 aromatic heterocycles. The molecule has 0 amide bonds. The number of ether oxygens (including phenoxy) is 1. The van der Waals surface area contributed by atoms with Crippen LogP contribution in [0.15, 0.2) is 40.3 Å². The molecular weight excluding hydrogens is 312 g/mol. The van der Waals surface area contributed by atoms with Gasteiger partial charge in [-0.15, -0.1) is 0 Å². The summed E-state index contributed by atoms with van der Waals surface area (Å²) in [7, 11) is 0. The van der Waals surface area contributed by atoms with Crippen LogP contribution < -0.4 is 10.3 Å². The zero-order chi connectivity index (χ0) is 16.7. The number of carbonyl (C=O) groups is 1. The Bertz CT molecular complexity index is 711. The summed E-state index contributed by atoms with van der Waals surface area (Å²) in [6.07, 6.45) is 1.68. The van der Waals surface area contributed by atoms with Gasteiger partial charge in [-0.1, -0.05) is 25.1 Å². The van der Waals surface area contributed by atoms with Gasteiger partial charge in [-0.2, -0.15) is 0 Å². The Labute approximate surface area is 139 Å². The van der Waals surface area contributed by atoms with E-state index in [1.807, 2.05) is 13.8 Å². The minimum absolute atomic E-state index is 0.0124. The van der Waals surface area contributed by atoms with Crippen molar-refractivity contribution < 1.29 is 9.53 Å². The van der Waals surface area contributed by atoms with Crippen LogP contribution in [0.2, 0.25) is 0 Å². The molecule has 0 aliphatic carbocycles. The lowest BCUT2D eigenvalue weighted by atomic mass is 10.1. The standard InChI is InChI=1S/C17H20N2O3S/c1-3-5-13-10-16(21)19-17(18-13)23-11-15(20)12-6-8-14(9-7-12)22-4-2/h6-10H,3-5,11H2,1-2H3,(H,18,19,21). The molecule has 0 aliphatic rings. The third-order valence-electron chi connectivity index (χ3n) is 3.11. The number of thioether (sulfide) groups is 1. The minimum Gasteiger partial charge on any atom is -0.494 e. The van der Waals surface area contributed by atoms with Gasteiger partial charge < -0.3 is 9.72 Å². The van der Waals surface area contributed by atoms with Crippen molar-refractivity contribution in [1.29, 1.82) is 0 Å². The van der Waals surface area contributed by atoms with Crippen molar-refractivity contribution in [3.63, 3.8) is 0 Å². The maximum Gasteiger partial charge on any atom is 0.251 e. The third kappa shape index (κ3) is 5.25. The third-order valence-corrected chi connectivity index (χ3v) is 3.98. The molecule has 5 nitrogen and oxygen atoms in total. The van der Waals surface area contributed by atoms with Crippen molar-refractivity contribution in [2.45, 2.75) is 31.8 Å². The number of aromatic nitrogens is 2. The number of hydrogen-bond acceptors (Lipinski definition) is 5. The predicted octanol–water partition coefficient (Wildman–Crippen LogP) is 3.10. The summed E-state index contributed by atoms with van der Waals surface area (Å²) in [5.74, 6) is 0.962. The summed E-state index contributed by atoms with van der Waals surface area (Å²) >= 11 is 1.24. The second kappa shape index (κ2) is 8.53. The molecule has 0 saturated heterocycles. The Balaban J connectivity index is 1.99. The van der Waals surface area contributed by atoms with Crippen molar-refractivity contribution in [2.24, 2.45) is 0 Å². The molecule has 0 fully saturated rings. The topological polar surface area (TPSA) is 72.0 Å². The first-order valence-electron chi connectivity index (χ1n) is 7.61. The van der Waals surface area contributed by atoms with Gasteiger partial charge in [0, 0.05) is 17.3 Å². The second-order valence-corrected chi connectivity index (χ2v) is 5.93. The molecule has 0 saturated carbocycles. The highest BCUT2D eigenvalue weighted by atomic mass is 32.2. The van der Waals surface area contributed by atoms with Crippen molar-refractivity contribution in [3.8, 4) is 5.75 Å². The van der Waals surface area contributed by atoms with Gasteiger partial charge >= 0.3 is 0 Å². The molecular formula is C17H20N2O3S. The van der Waals surface area contributed by atoms with Crippen LogP contribution in [-0.4, -0.2) is 28.1 Å². The SMILES string of the molecule is CCCc1cc(=O)[nH]c(SCC(=O)c2ccc(OCC)cc2)n1. The van der Waals surface area contributed by atoms with Crippen LogP contribution in [0.1, 0.15) is 36.3 Å². The Hall–Kier alpha value is -2.08. The number of hydrogen-bond donors (Lipinski definition) is 1. The van der Waals surface area contributed by atoms with E-state index in [1.54, 1.807) is 24.3 Å². The largest absolute Gasteiger partial charge is 0.494 e. The lowest BCUT2D eigenvalue weighted by Crippen LogP contribution is -2.11. The van der Waals surface area contributed by atoms with Crippen LogP contribution in [-0.2, 0) is 6.42 Å². The van der Waals surface area contributed by atoms with Crippen molar-refractivity contribution >= 4 is 17.5 Å². The summed E-state index contributed by atoms with van der Waals surface area (Å²) in [5.41, 5.74) is 1.19. The van der Waals surface area contributed by atoms with E-state index in [2.05, 4.69) is 9.97 Å². The number of aromatic amines is 1. The normalized spacial score (nSPS) is 10.5. The van der Waals surface area contributed by atoms with Crippen LogP contribution in [0.25, 0.3) is 0 Å². The molecule has 0 bridgehead atoms. The molecule has 0 unspecified atom stereocenters. The molecule has 6 heteroatoms. The minimum atomic E-state index is -0.181. The molecule has 2 aromatic rings. The monoisotopic (exact) mass is 332 g/mol. The number of nitrogens with zero attached hydrogens (tertiary/aromatic N) is 1. The molecule has 0 atom stereocenters. The number of H-pyrrole nitrogens is 1. The fourth-order valence-corrected chi connectivity index (χ4v) is 2.85. The van der Waals surface area contributed by atoms with E-state index < -0.39 is 0 Å². The summed E-state index contributed by atoms with van der Waals surface area (Å²) in [6, 6.07) is 8.56. The van der Waals surface area contributed by atoms with Crippen molar-refractivity contribution in [3.05, 3.63) is 51.9 Å². The first kappa shape index (κ1) is 17.3. The zero-order valence-corrected chi connectivity index (χ0v) is 14.1. The van der Waals surface area contributed by atoms with Crippen LogP contribution in [0, 0.1) is 0 Å².